The number of halogens is 11. The number of benzene rings is 8. The molecule has 0 spiro atoms. The third-order valence-electron chi connectivity index (χ3n) is 16.2. The number of hydrogen-bond acceptors (Lipinski definition) is 2. The van der Waals surface area contributed by atoms with Crippen LogP contribution in [0.3, 0.4) is 0 Å². The molecule has 1 aromatic heterocycles. The summed E-state index contributed by atoms with van der Waals surface area (Å²) < 4.78 is 2.42. The van der Waals surface area contributed by atoms with E-state index in [1.165, 1.54) is 94.8 Å². The summed E-state index contributed by atoms with van der Waals surface area (Å²) in [7, 11) is -1.31. The van der Waals surface area contributed by atoms with Crippen molar-refractivity contribution in [3.05, 3.63) is 220 Å². The maximum absolute atomic E-state index is 6.29. The number of rotatable bonds is 6. The molecule has 2 aliphatic heterocycles. The van der Waals surface area contributed by atoms with Gasteiger partial charge in [0.25, 0.3) is 0 Å². The second-order valence-corrected chi connectivity index (χ2v) is 217. The van der Waals surface area contributed by atoms with Gasteiger partial charge in [-0.3, -0.25) is 0 Å². The first-order valence-electron chi connectivity index (χ1n) is 25.1. The zero-order chi connectivity index (χ0) is 55.4. The number of para-hydroxylation sites is 4. The number of nitrogens with zero attached hydrogens (tertiary/aromatic N) is 3. The predicted molar refractivity (Wildman–Crippen MR) is 428 cm³/mol. The van der Waals surface area contributed by atoms with E-state index in [2.05, 4.69) is 371 Å². The Kier molecular flexibility index (Phi) is 20.8. The second kappa shape index (κ2) is 25.8. The van der Waals surface area contributed by atoms with Crippen molar-refractivity contribution in [1.29, 1.82) is 0 Å². The van der Waals surface area contributed by atoms with Gasteiger partial charge in [-0.2, -0.15) is 0 Å². The average Bonchev–Trinajstić information content (AvgIpc) is 4.27. The van der Waals surface area contributed by atoms with Gasteiger partial charge < -0.3 is 14.4 Å². The fraction of sp³-hybridized carbons (Fsp3) is 0.238. The summed E-state index contributed by atoms with van der Waals surface area (Å²) in [6.45, 7) is 23.0. The Morgan fingerprint density at radius 3 is 1.22 bits per heavy atom. The molecule has 3 heterocycles. The van der Waals surface area contributed by atoms with Crippen LogP contribution >= 0.6 is 155 Å². The molecule has 3 nitrogen and oxygen atoms in total. The monoisotopic (exact) mass is 2160 g/mol. The van der Waals surface area contributed by atoms with Gasteiger partial charge >= 0.3 is 143 Å². The number of aryl methyl sites for hydroxylation is 2. The topological polar surface area (TPSA) is 11.4 Å². The van der Waals surface area contributed by atoms with Crippen molar-refractivity contribution in [3.8, 4) is 16.8 Å². The van der Waals surface area contributed by atoms with Crippen LogP contribution in [0.5, 0.6) is 0 Å². The van der Waals surface area contributed by atoms with Gasteiger partial charge in [0.1, 0.15) is 0 Å². The molecule has 12 rings (SSSR count). The van der Waals surface area contributed by atoms with Crippen molar-refractivity contribution in [2.24, 2.45) is 0 Å². The second-order valence-electron chi connectivity index (χ2n) is 21.6. The summed E-state index contributed by atoms with van der Waals surface area (Å²) in [6.07, 6.45) is 1.10. The largest absolute Gasteiger partial charge is 0.0619 e. The van der Waals surface area contributed by atoms with Crippen LogP contribution in [-0.4, -0.2) is 15.6 Å². The van der Waals surface area contributed by atoms with E-state index in [0.717, 1.165) is 11.4 Å². The molecule has 9 aromatic rings. The van der Waals surface area contributed by atoms with Crippen LogP contribution in [0.25, 0.3) is 38.6 Å². The first kappa shape index (κ1) is 62.3. The molecule has 0 fully saturated rings. The van der Waals surface area contributed by atoms with Crippen LogP contribution < -0.4 is 9.80 Å². The molecule has 0 unspecified atom stereocenters. The van der Waals surface area contributed by atoms with Gasteiger partial charge in [-0.25, -0.2) is 0 Å². The number of aromatic nitrogens is 1. The standard InChI is InChI=1S/C31H30N2.C19H22ClN.C13H10.I10/c1-21-18-22(32-27-15-9-6-12-24(27)25-13-7-10-16-28(25)32)20-23(19-21)33-29-17-11-8-14-26(29)30(2,3)31(33,4)5;1-13-10-14(20)12-15(11-13)21-17-9-7-6-8-16(17)18(2,3)19(21,4)5;1-3-7-12-10(5-1)9-11-6-2-4-8-13(11)12;1-7(2)9(5)10(6)8(3)4/h6-20H,1-5H3;6-12H,1-5H3;1-8H,9H2;. The Hall–Kier alpha value is 0.750. The van der Waals surface area contributed by atoms with Crippen molar-refractivity contribution in [1.82, 2.24) is 4.57 Å². The van der Waals surface area contributed by atoms with E-state index >= 15 is 0 Å². The van der Waals surface area contributed by atoms with Gasteiger partial charge in [-0.1, -0.05) is 161 Å². The van der Waals surface area contributed by atoms with Crippen LogP contribution in [0.2, 0.25) is 5.02 Å². The molecule has 0 saturated heterocycles. The molecule has 0 N–H and O–H groups in total. The van der Waals surface area contributed by atoms with Crippen molar-refractivity contribution < 1.29 is 0 Å². The SMILES string of the molecule is Cc1cc(Cl)cc(N2c3ccccc3C(C)(C)C2(C)C)c1.Cc1cc(N2c3ccccc3C(C)(C)C2(C)C)cc(-n2c3ccccc3c3ccccc32)c1.II(I)I(I)I(I)I(I)I.c1ccc2c(c1)Cc1ccccc1-2. The Morgan fingerprint density at radius 2 is 0.779 bits per heavy atom. The summed E-state index contributed by atoms with van der Waals surface area (Å²) in [5.41, 5.74) is 19.7. The Labute approximate surface area is 538 Å². The van der Waals surface area contributed by atoms with E-state index in [4.69, 9.17) is 11.6 Å². The molecule has 0 amide bonds. The smallest absolute Gasteiger partial charge is 0.00135 e. The van der Waals surface area contributed by atoms with Crippen molar-refractivity contribution in [2.45, 2.75) is 97.6 Å². The summed E-state index contributed by atoms with van der Waals surface area (Å²) in [5, 5.41) is 3.39. The van der Waals surface area contributed by atoms with Crippen LogP contribution in [-0.2, 0) is 17.3 Å². The minimum Gasteiger partial charge on any atom is -0.0619 e. The number of anilines is 4. The van der Waals surface area contributed by atoms with Crippen molar-refractivity contribution >= 4 is 199 Å². The van der Waals surface area contributed by atoms with Gasteiger partial charge in [-0.15, -0.1) is 0 Å². The first-order valence-corrected chi connectivity index (χ1v) is 82.1. The zero-order valence-corrected chi connectivity index (χ0v) is 66.9. The van der Waals surface area contributed by atoms with E-state index in [-0.39, 0.29) is 53.5 Å². The molecule has 0 saturated carbocycles. The normalized spacial score (nSPS) is 16.3. The van der Waals surface area contributed by atoms with Gasteiger partial charge in [0.05, 0.1) is 11.0 Å². The van der Waals surface area contributed by atoms with Gasteiger partial charge in [0.15, 0.2) is 0 Å². The molecule has 406 valence electrons. The third-order valence-corrected chi connectivity index (χ3v) is 512. The van der Waals surface area contributed by atoms with E-state index in [0.29, 0.717) is 0 Å². The van der Waals surface area contributed by atoms with Crippen molar-refractivity contribution in [3.63, 3.8) is 0 Å². The van der Waals surface area contributed by atoms with Crippen LogP contribution in [0.4, 0.5) is 22.7 Å². The van der Waals surface area contributed by atoms with Crippen LogP contribution in [0.1, 0.15) is 88.8 Å². The molecule has 0 atom stereocenters. The van der Waals surface area contributed by atoms with E-state index in [1.807, 2.05) is 6.07 Å². The molecule has 3 aliphatic rings. The summed E-state index contributed by atoms with van der Waals surface area (Å²) in [4.78, 5) is 4.98. The first-order chi connectivity index (χ1) is 36.5. The molecule has 0 radical (unpaired) electrons. The third kappa shape index (κ3) is 12.6. The van der Waals surface area contributed by atoms with E-state index in [9.17, 15) is 0 Å². The predicted octanol–water partition coefficient (Wildman–Crippen LogP) is 26.3. The number of fused-ring (bicyclic) bond motifs is 8. The number of hydrogen-bond donors (Lipinski definition) is 0. The minimum atomic E-state index is -0.358. The van der Waals surface area contributed by atoms with Gasteiger partial charge in [0.2, 0.25) is 0 Å². The maximum Gasteiger partial charge on any atom is -0.00135 e. The Bertz CT molecular complexity index is 3480. The van der Waals surface area contributed by atoms with Gasteiger partial charge in [0, 0.05) is 66.1 Å². The summed E-state index contributed by atoms with van der Waals surface area (Å²) in [6, 6.07) is 65.6. The molecule has 14 heteroatoms. The molecule has 8 aromatic carbocycles. The summed E-state index contributed by atoms with van der Waals surface area (Å²) >= 11 is 23.1. The Morgan fingerprint density at radius 1 is 0.416 bits per heavy atom. The van der Waals surface area contributed by atoms with Crippen LogP contribution in [0, 0.1) is 13.8 Å². The average molecular weight is 2170 g/mol. The Balaban J connectivity index is 0.000000140. The summed E-state index contributed by atoms with van der Waals surface area (Å²) in [5.74, 6) is 0. The van der Waals surface area contributed by atoms with Crippen LogP contribution in [0.15, 0.2) is 182 Å². The fourth-order valence-electron chi connectivity index (χ4n) is 11.3. The molecular weight excluding hydrogens is 2100 g/mol. The van der Waals surface area contributed by atoms with E-state index in [1.54, 1.807) is 0 Å². The quantitative estimate of drug-likeness (QED) is 0.154. The maximum atomic E-state index is 6.29. The minimum absolute atomic E-state index is 0.0200. The molecule has 0 bridgehead atoms. The zero-order valence-electron chi connectivity index (χ0n) is 44.5. The van der Waals surface area contributed by atoms with E-state index < -0.39 is 0 Å². The van der Waals surface area contributed by atoms with Gasteiger partial charge in [-0.05, 0) is 153 Å². The molecular formula is C63H62ClI10N3. The van der Waals surface area contributed by atoms with Crippen molar-refractivity contribution in [2.75, 3.05) is 9.80 Å². The molecule has 1 aliphatic carbocycles. The molecule has 77 heavy (non-hydrogen) atoms. The fourth-order valence-corrected chi connectivity index (χ4v) is 850.